The molecule has 0 unspecified atom stereocenters. The smallest absolute Gasteiger partial charge is 0.395 e. The molecule has 0 radical (unpaired) electrons. The number of rotatable bonds is 15. The molecule has 0 spiro atoms. The van der Waals surface area contributed by atoms with E-state index in [-0.39, 0.29) is 13.2 Å². The summed E-state index contributed by atoms with van der Waals surface area (Å²) >= 11 is 0. The molecule has 0 bridgehead atoms. The Morgan fingerprint density at radius 2 is 1.17 bits per heavy atom. The Morgan fingerprint density at radius 1 is 0.826 bits per heavy atom. The highest BCUT2D eigenvalue weighted by Crippen LogP contribution is 2.11. The normalized spacial score (nSPS) is 11.1. The number of aliphatic hydroxyl groups is 1. The van der Waals surface area contributed by atoms with Crippen molar-refractivity contribution in [3.05, 3.63) is 0 Å². The lowest BCUT2D eigenvalue weighted by Gasteiger charge is -2.02. The van der Waals surface area contributed by atoms with Crippen molar-refractivity contribution >= 4 is 10.4 Å². The van der Waals surface area contributed by atoms with Gasteiger partial charge < -0.3 is 10.8 Å². The zero-order chi connectivity index (χ0) is 17.8. The predicted octanol–water partition coefficient (Wildman–Crippen LogP) is 3.44. The van der Waals surface area contributed by atoms with E-state index >= 15 is 0 Å². The number of aliphatic hydroxyl groups excluding tert-OH is 1. The molecule has 23 heavy (non-hydrogen) atoms. The Bertz CT molecular complexity index is 308. The Hall–Kier alpha value is -0.210. The van der Waals surface area contributed by atoms with Crippen LogP contribution in [0.3, 0.4) is 0 Å². The first-order valence-corrected chi connectivity index (χ1v) is 10.3. The lowest BCUT2D eigenvalue weighted by atomic mass is 10.1. The van der Waals surface area contributed by atoms with E-state index in [0.717, 1.165) is 12.8 Å². The van der Waals surface area contributed by atoms with Gasteiger partial charge in [0.2, 0.25) is 0 Å². The van der Waals surface area contributed by atoms with Crippen LogP contribution in [0.25, 0.3) is 0 Å². The van der Waals surface area contributed by atoms with Crippen molar-refractivity contribution in [2.45, 2.75) is 84.0 Å². The van der Waals surface area contributed by atoms with E-state index in [1.165, 1.54) is 57.8 Å². The van der Waals surface area contributed by atoms with Gasteiger partial charge in [0.15, 0.2) is 0 Å². The van der Waals surface area contributed by atoms with Gasteiger partial charge in [-0.1, -0.05) is 77.6 Å². The van der Waals surface area contributed by atoms with E-state index in [9.17, 15) is 8.42 Å². The lowest BCUT2D eigenvalue weighted by Crippen LogP contribution is -2.04. The van der Waals surface area contributed by atoms with Gasteiger partial charge in [-0.05, 0) is 6.42 Å². The SMILES string of the molecule is CCCCCCCCCCCCCCOS(=O)(=O)O.NCCO. The fourth-order valence-electron chi connectivity index (χ4n) is 2.11. The van der Waals surface area contributed by atoms with Gasteiger partial charge in [-0.2, -0.15) is 8.42 Å². The van der Waals surface area contributed by atoms with E-state index in [1.54, 1.807) is 0 Å². The Morgan fingerprint density at radius 3 is 1.48 bits per heavy atom. The monoisotopic (exact) mass is 355 g/mol. The summed E-state index contributed by atoms with van der Waals surface area (Å²) in [7, 11) is -4.24. The van der Waals surface area contributed by atoms with E-state index in [0.29, 0.717) is 13.0 Å². The topological polar surface area (TPSA) is 110 Å². The quantitative estimate of drug-likeness (QED) is 0.306. The molecule has 0 atom stereocenters. The Kier molecular flexibility index (Phi) is 21.6. The fourth-order valence-corrected chi connectivity index (χ4v) is 2.44. The number of hydrogen-bond acceptors (Lipinski definition) is 5. The van der Waals surface area contributed by atoms with E-state index in [4.69, 9.17) is 15.4 Å². The Labute approximate surface area is 142 Å². The lowest BCUT2D eigenvalue weighted by molar-refractivity contribution is 0.261. The zero-order valence-corrected chi connectivity index (χ0v) is 15.5. The minimum atomic E-state index is -4.24. The van der Waals surface area contributed by atoms with E-state index in [1.807, 2.05) is 0 Å². The molecule has 0 amide bonds. The van der Waals surface area contributed by atoms with Gasteiger partial charge in [0, 0.05) is 6.54 Å². The predicted molar refractivity (Wildman–Crippen MR) is 94.7 cm³/mol. The van der Waals surface area contributed by atoms with Gasteiger partial charge in [-0.3, -0.25) is 4.55 Å². The second kappa shape index (κ2) is 19.8. The molecule has 4 N–H and O–H groups in total. The van der Waals surface area contributed by atoms with Gasteiger partial charge in [0.25, 0.3) is 0 Å². The number of unbranched alkanes of at least 4 members (excludes halogenated alkanes) is 11. The van der Waals surface area contributed by atoms with E-state index in [2.05, 4.69) is 11.1 Å². The highest BCUT2D eigenvalue weighted by atomic mass is 32.3. The fraction of sp³-hybridized carbons (Fsp3) is 1.00. The van der Waals surface area contributed by atoms with Crippen LogP contribution in [0, 0.1) is 0 Å². The van der Waals surface area contributed by atoms with Crippen molar-refractivity contribution in [3.63, 3.8) is 0 Å². The average molecular weight is 356 g/mol. The molecule has 0 heterocycles. The summed E-state index contributed by atoms with van der Waals surface area (Å²) in [5.41, 5.74) is 4.78. The molecule has 0 saturated carbocycles. The zero-order valence-electron chi connectivity index (χ0n) is 14.7. The third-order valence-electron chi connectivity index (χ3n) is 3.36. The molecule has 0 aromatic heterocycles. The van der Waals surface area contributed by atoms with Crippen LogP contribution in [0.4, 0.5) is 0 Å². The second-order valence-corrected chi connectivity index (χ2v) is 6.74. The maximum atomic E-state index is 10.3. The van der Waals surface area contributed by atoms with Gasteiger partial charge >= 0.3 is 10.4 Å². The summed E-state index contributed by atoms with van der Waals surface area (Å²) in [6.45, 7) is 2.80. The molecular weight excluding hydrogens is 318 g/mol. The second-order valence-electron chi connectivity index (χ2n) is 5.65. The molecule has 0 aromatic carbocycles. The van der Waals surface area contributed by atoms with Crippen molar-refractivity contribution in [1.29, 1.82) is 0 Å². The summed E-state index contributed by atoms with van der Waals surface area (Å²) in [6.07, 6.45) is 14.7. The third-order valence-corrected chi connectivity index (χ3v) is 3.82. The molecule has 0 aliphatic carbocycles. The van der Waals surface area contributed by atoms with Crippen molar-refractivity contribution < 1.29 is 22.3 Å². The van der Waals surface area contributed by atoms with Crippen molar-refractivity contribution in [2.75, 3.05) is 19.8 Å². The summed E-state index contributed by atoms with van der Waals surface area (Å²) < 4.78 is 33.1. The molecule has 7 heteroatoms. The first-order chi connectivity index (χ1) is 11.0. The molecule has 0 aliphatic rings. The molecule has 0 rings (SSSR count). The van der Waals surface area contributed by atoms with Crippen molar-refractivity contribution in [3.8, 4) is 0 Å². The third kappa shape index (κ3) is 30.3. The van der Waals surface area contributed by atoms with Gasteiger partial charge in [0.05, 0.1) is 13.2 Å². The highest BCUT2D eigenvalue weighted by Gasteiger charge is 2.02. The number of nitrogens with two attached hydrogens (primary N) is 1. The standard InChI is InChI=1S/C14H30O4S.C2H7NO/c1-2-3-4-5-6-7-8-9-10-11-12-13-14-18-19(15,16)17;3-1-2-4/h2-14H2,1H3,(H,15,16,17);4H,1-3H2. The van der Waals surface area contributed by atoms with Gasteiger partial charge in [-0.15, -0.1) is 0 Å². The van der Waals surface area contributed by atoms with Crippen LogP contribution in [0.1, 0.15) is 84.0 Å². The van der Waals surface area contributed by atoms with Crippen LogP contribution in [0.15, 0.2) is 0 Å². The van der Waals surface area contributed by atoms with Crippen LogP contribution in [-0.2, 0) is 14.6 Å². The van der Waals surface area contributed by atoms with Crippen molar-refractivity contribution in [2.24, 2.45) is 5.73 Å². The first-order valence-electron chi connectivity index (χ1n) is 8.90. The largest absolute Gasteiger partial charge is 0.397 e. The molecule has 0 aliphatic heterocycles. The van der Waals surface area contributed by atoms with E-state index < -0.39 is 10.4 Å². The minimum absolute atomic E-state index is 0.0935. The maximum Gasteiger partial charge on any atom is 0.397 e. The van der Waals surface area contributed by atoms with Crippen LogP contribution < -0.4 is 5.73 Å². The molecule has 0 aromatic rings. The highest BCUT2D eigenvalue weighted by molar-refractivity contribution is 7.80. The molecule has 6 nitrogen and oxygen atoms in total. The van der Waals surface area contributed by atoms with Gasteiger partial charge in [0.1, 0.15) is 0 Å². The van der Waals surface area contributed by atoms with Crippen LogP contribution in [0.5, 0.6) is 0 Å². The number of hydrogen-bond donors (Lipinski definition) is 3. The summed E-state index contributed by atoms with van der Waals surface area (Å²) in [4.78, 5) is 0. The maximum absolute atomic E-state index is 10.3. The van der Waals surface area contributed by atoms with Crippen LogP contribution in [-0.4, -0.2) is 37.8 Å². The molecule has 142 valence electrons. The first kappa shape index (κ1) is 25.0. The average Bonchev–Trinajstić information content (AvgIpc) is 2.51. The summed E-state index contributed by atoms with van der Waals surface area (Å²) in [5, 5.41) is 7.75. The van der Waals surface area contributed by atoms with Crippen LogP contribution in [0.2, 0.25) is 0 Å². The molecule has 0 saturated heterocycles. The summed E-state index contributed by atoms with van der Waals surface area (Å²) in [5.74, 6) is 0. The minimum Gasteiger partial charge on any atom is -0.395 e. The molecule has 0 fully saturated rings. The van der Waals surface area contributed by atoms with Gasteiger partial charge in [-0.25, -0.2) is 4.18 Å². The molecular formula is C16H37NO5S. The van der Waals surface area contributed by atoms with Crippen LogP contribution >= 0.6 is 0 Å². The summed E-state index contributed by atoms with van der Waals surface area (Å²) in [6, 6.07) is 0. The van der Waals surface area contributed by atoms with Crippen molar-refractivity contribution in [1.82, 2.24) is 0 Å². The Balaban J connectivity index is 0.